The second kappa shape index (κ2) is 7.48. The molecule has 0 heterocycles. The molecule has 21 heavy (non-hydrogen) atoms. The average Bonchev–Trinajstić information content (AvgIpc) is 2.44. The molecule has 0 saturated heterocycles. The molecule has 1 fully saturated rings. The standard InChI is InChI=1S/C18H28N2O/c1-4-19-18(21)12-15-6-8-16(9-7-15)20-17-10-5-13(2)11-14(17)3/h6-9,13-14,17,20H,4-5,10-12H2,1-3H3,(H,19,21). The predicted molar refractivity (Wildman–Crippen MR) is 88.4 cm³/mol. The van der Waals surface area contributed by atoms with Crippen LogP contribution < -0.4 is 10.6 Å². The predicted octanol–water partition coefficient (Wildman–Crippen LogP) is 3.60. The molecule has 0 bridgehead atoms. The maximum absolute atomic E-state index is 11.6. The quantitative estimate of drug-likeness (QED) is 0.869. The number of amides is 1. The van der Waals surface area contributed by atoms with Crippen LogP contribution in [0, 0.1) is 11.8 Å². The van der Waals surface area contributed by atoms with Crippen molar-refractivity contribution in [1.29, 1.82) is 0 Å². The third-order valence-electron chi connectivity index (χ3n) is 4.48. The van der Waals surface area contributed by atoms with Gasteiger partial charge in [-0.25, -0.2) is 0 Å². The smallest absolute Gasteiger partial charge is 0.224 e. The Morgan fingerprint density at radius 1 is 1.19 bits per heavy atom. The molecule has 0 radical (unpaired) electrons. The molecule has 3 atom stereocenters. The van der Waals surface area contributed by atoms with Gasteiger partial charge in [0, 0.05) is 18.3 Å². The fraction of sp³-hybridized carbons (Fsp3) is 0.611. The molecule has 0 aliphatic heterocycles. The van der Waals surface area contributed by atoms with Gasteiger partial charge in [-0.2, -0.15) is 0 Å². The average molecular weight is 288 g/mol. The van der Waals surface area contributed by atoms with Gasteiger partial charge in [-0.3, -0.25) is 4.79 Å². The van der Waals surface area contributed by atoms with Crippen molar-refractivity contribution in [3.05, 3.63) is 29.8 Å². The number of hydrogen-bond acceptors (Lipinski definition) is 2. The number of carbonyl (C=O) groups is 1. The number of likely N-dealkylation sites (N-methyl/N-ethyl adjacent to an activating group) is 1. The first-order valence-electron chi connectivity index (χ1n) is 8.20. The fourth-order valence-corrected chi connectivity index (χ4v) is 3.26. The van der Waals surface area contributed by atoms with Crippen molar-refractivity contribution < 1.29 is 4.79 Å². The third-order valence-corrected chi connectivity index (χ3v) is 4.48. The molecule has 1 amide bonds. The summed E-state index contributed by atoms with van der Waals surface area (Å²) < 4.78 is 0. The van der Waals surface area contributed by atoms with Crippen molar-refractivity contribution >= 4 is 11.6 Å². The highest BCUT2D eigenvalue weighted by molar-refractivity contribution is 5.78. The molecule has 3 unspecified atom stereocenters. The summed E-state index contributed by atoms with van der Waals surface area (Å²) in [7, 11) is 0. The van der Waals surface area contributed by atoms with Crippen LogP contribution in [0.25, 0.3) is 0 Å². The Bertz CT molecular complexity index is 455. The van der Waals surface area contributed by atoms with E-state index >= 15 is 0 Å². The molecule has 2 N–H and O–H groups in total. The Labute approximate surface area is 128 Å². The van der Waals surface area contributed by atoms with Crippen LogP contribution in [0.3, 0.4) is 0 Å². The van der Waals surface area contributed by atoms with Crippen molar-refractivity contribution in [2.24, 2.45) is 11.8 Å². The molecule has 116 valence electrons. The maximum Gasteiger partial charge on any atom is 0.224 e. The lowest BCUT2D eigenvalue weighted by molar-refractivity contribution is -0.120. The van der Waals surface area contributed by atoms with Crippen molar-refractivity contribution in [3.8, 4) is 0 Å². The van der Waals surface area contributed by atoms with Gasteiger partial charge < -0.3 is 10.6 Å². The first-order chi connectivity index (χ1) is 10.1. The molecule has 0 spiro atoms. The molecule has 1 aromatic carbocycles. The zero-order valence-corrected chi connectivity index (χ0v) is 13.5. The second-order valence-corrected chi connectivity index (χ2v) is 6.47. The van der Waals surface area contributed by atoms with Gasteiger partial charge in [-0.15, -0.1) is 0 Å². The van der Waals surface area contributed by atoms with Gasteiger partial charge in [0.15, 0.2) is 0 Å². The van der Waals surface area contributed by atoms with Crippen LogP contribution in [0.4, 0.5) is 5.69 Å². The summed E-state index contributed by atoms with van der Waals surface area (Å²) in [6, 6.07) is 8.87. The van der Waals surface area contributed by atoms with E-state index in [9.17, 15) is 4.79 Å². The van der Waals surface area contributed by atoms with Gasteiger partial charge in [0.1, 0.15) is 0 Å². The molecule has 3 nitrogen and oxygen atoms in total. The van der Waals surface area contributed by atoms with E-state index in [-0.39, 0.29) is 5.91 Å². The van der Waals surface area contributed by atoms with E-state index in [2.05, 4.69) is 36.6 Å². The number of anilines is 1. The Hall–Kier alpha value is -1.51. The lowest BCUT2D eigenvalue weighted by atomic mass is 9.80. The first-order valence-corrected chi connectivity index (χ1v) is 8.20. The summed E-state index contributed by atoms with van der Waals surface area (Å²) in [6.07, 6.45) is 4.35. The van der Waals surface area contributed by atoms with Crippen molar-refractivity contribution in [1.82, 2.24) is 5.32 Å². The molecule has 1 aliphatic rings. The molecule has 1 aromatic rings. The molecule has 1 saturated carbocycles. The minimum Gasteiger partial charge on any atom is -0.382 e. The van der Waals surface area contributed by atoms with Crippen LogP contribution in [-0.4, -0.2) is 18.5 Å². The van der Waals surface area contributed by atoms with E-state index in [1.165, 1.54) is 24.9 Å². The van der Waals surface area contributed by atoms with Crippen LogP contribution in [0.2, 0.25) is 0 Å². The largest absolute Gasteiger partial charge is 0.382 e. The second-order valence-electron chi connectivity index (χ2n) is 6.47. The number of carbonyl (C=O) groups excluding carboxylic acids is 1. The van der Waals surface area contributed by atoms with Crippen LogP contribution in [0.1, 0.15) is 45.6 Å². The Morgan fingerprint density at radius 2 is 1.90 bits per heavy atom. The van der Waals surface area contributed by atoms with Crippen molar-refractivity contribution in [2.75, 3.05) is 11.9 Å². The summed E-state index contributed by atoms with van der Waals surface area (Å²) in [5.74, 6) is 1.68. The Balaban J connectivity index is 1.89. The zero-order valence-electron chi connectivity index (χ0n) is 13.5. The van der Waals surface area contributed by atoms with Gasteiger partial charge >= 0.3 is 0 Å². The molecule has 1 aliphatic carbocycles. The maximum atomic E-state index is 11.6. The number of nitrogens with one attached hydrogen (secondary N) is 2. The van der Waals surface area contributed by atoms with Gasteiger partial charge in [0.25, 0.3) is 0 Å². The minimum absolute atomic E-state index is 0.0908. The number of hydrogen-bond donors (Lipinski definition) is 2. The highest BCUT2D eigenvalue weighted by atomic mass is 16.1. The van der Waals surface area contributed by atoms with E-state index in [1.54, 1.807) is 0 Å². The Morgan fingerprint density at radius 3 is 2.52 bits per heavy atom. The molecule has 0 aromatic heterocycles. The zero-order chi connectivity index (χ0) is 15.2. The molecule has 2 rings (SSSR count). The van der Waals surface area contributed by atoms with E-state index in [0.29, 0.717) is 19.0 Å². The van der Waals surface area contributed by atoms with Crippen molar-refractivity contribution in [2.45, 2.75) is 52.5 Å². The summed E-state index contributed by atoms with van der Waals surface area (Å²) >= 11 is 0. The summed E-state index contributed by atoms with van der Waals surface area (Å²) in [6.45, 7) is 7.33. The minimum atomic E-state index is 0.0908. The van der Waals surface area contributed by atoms with Crippen LogP contribution in [0.5, 0.6) is 0 Å². The lowest BCUT2D eigenvalue weighted by Crippen LogP contribution is -2.32. The Kier molecular flexibility index (Phi) is 5.66. The summed E-state index contributed by atoms with van der Waals surface area (Å²) in [4.78, 5) is 11.6. The summed E-state index contributed by atoms with van der Waals surface area (Å²) in [5.41, 5.74) is 2.23. The molecular weight excluding hydrogens is 260 g/mol. The van der Waals surface area contributed by atoms with Crippen LogP contribution in [0.15, 0.2) is 24.3 Å². The SMILES string of the molecule is CCNC(=O)Cc1ccc(NC2CCC(C)CC2C)cc1. The lowest BCUT2D eigenvalue weighted by Gasteiger charge is -2.33. The first kappa shape index (κ1) is 15.9. The highest BCUT2D eigenvalue weighted by Gasteiger charge is 2.24. The number of benzene rings is 1. The fourth-order valence-electron chi connectivity index (χ4n) is 3.26. The molecule has 3 heteroatoms. The highest BCUT2D eigenvalue weighted by Crippen LogP contribution is 2.30. The van der Waals surface area contributed by atoms with Gasteiger partial charge in [0.05, 0.1) is 6.42 Å². The van der Waals surface area contributed by atoms with Gasteiger partial charge in [-0.1, -0.05) is 26.0 Å². The van der Waals surface area contributed by atoms with Gasteiger partial charge in [-0.05, 0) is 55.7 Å². The topological polar surface area (TPSA) is 41.1 Å². The van der Waals surface area contributed by atoms with E-state index in [4.69, 9.17) is 0 Å². The van der Waals surface area contributed by atoms with Crippen LogP contribution >= 0.6 is 0 Å². The van der Waals surface area contributed by atoms with Gasteiger partial charge in [0.2, 0.25) is 5.91 Å². The summed E-state index contributed by atoms with van der Waals surface area (Å²) in [5, 5.41) is 6.49. The van der Waals surface area contributed by atoms with Crippen LogP contribution in [-0.2, 0) is 11.2 Å². The van der Waals surface area contributed by atoms with E-state index in [1.807, 2.05) is 19.1 Å². The van der Waals surface area contributed by atoms with E-state index < -0.39 is 0 Å². The number of rotatable bonds is 5. The van der Waals surface area contributed by atoms with E-state index in [0.717, 1.165) is 17.4 Å². The monoisotopic (exact) mass is 288 g/mol. The van der Waals surface area contributed by atoms with Crippen molar-refractivity contribution in [3.63, 3.8) is 0 Å². The third kappa shape index (κ3) is 4.76. The molecular formula is C18H28N2O. The normalized spacial score (nSPS) is 25.4.